The second kappa shape index (κ2) is 6.77. The molecule has 4 rings (SSSR count). The molecule has 0 saturated heterocycles. The third-order valence-electron chi connectivity index (χ3n) is 4.49. The highest BCUT2D eigenvalue weighted by atomic mass is 19.4. The summed E-state index contributed by atoms with van der Waals surface area (Å²) in [7, 11) is 0. The van der Waals surface area contributed by atoms with Crippen molar-refractivity contribution in [2.24, 2.45) is 0 Å². The van der Waals surface area contributed by atoms with E-state index in [9.17, 15) is 18.0 Å². The van der Waals surface area contributed by atoms with Crippen LogP contribution in [-0.2, 0) is 6.18 Å². The van der Waals surface area contributed by atoms with Gasteiger partial charge < -0.3 is 14.8 Å². The first-order valence-electron chi connectivity index (χ1n) is 8.64. The van der Waals surface area contributed by atoms with Gasteiger partial charge in [-0.25, -0.2) is 4.98 Å². The lowest BCUT2D eigenvalue weighted by atomic mass is 10.1. The van der Waals surface area contributed by atoms with Crippen LogP contribution in [-0.4, -0.2) is 21.0 Å². The molecule has 2 aromatic carbocycles. The summed E-state index contributed by atoms with van der Waals surface area (Å²) in [6, 6.07) is 9.81. The first-order chi connectivity index (χ1) is 13.7. The van der Waals surface area contributed by atoms with E-state index in [2.05, 4.69) is 20.4 Å². The lowest BCUT2D eigenvalue weighted by molar-refractivity contribution is -0.137. The van der Waals surface area contributed by atoms with Crippen molar-refractivity contribution in [1.29, 1.82) is 0 Å². The number of halogens is 3. The average Bonchev–Trinajstić information content (AvgIpc) is 3.26. The fraction of sp³-hybridized carbons (Fsp3) is 0.150. The number of H-pyrrole nitrogens is 1. The molecule has 0 aliphatic heterocycles. The second-order valence-corrected chi connectivity index (χ2v) is 6.52. The molecule has 0 bridgehead atoms. The number of hydrogen-bond acceptors (Lipinski definition) is 4. The van der Waals surface area contributed by atoms with E-state index < -0.39 is 17.6 Å². The van der Waals surface area contributed by atoms with Crippen LogP contribution < -0.4 is 5.32 Å². The van der Waals surface area contributed by atoms with Gasteiger partial charge in [-0.1, -0.05) is 23.4 Å². The normalized spacial score (nSPS) is 11.8. The van der Waals surface area contributed by atoms with Crippen LogP contribution in [0.5, 0.6) is 0 Å². The standard InChI is InChI=1S/C20H15F3N4O2/c1-10-16(11(2)29-27-10)26-19(28)14-7-4-8-15-17(14)25-18(24-15)12-5-3-6-13(9-12)20(21,22)23/h3-9H,1-2H3,(H,24,25)(H,26,28). The number of benzene rings is 2. The van der Waals surface area contributed by atoms with Gasteiger partial charge in [0.05, 0.1) is 16.6 Å². The van der Waals surface area contributed by atoms with Crippen LogP contribution in [0.3, 0.4) is 0 Å². The fourth-order valence-electron chi connectivity index (χ4n) is 3.04. The number of carbonyl (C=O) groups excluding carboxylic acids is 1. The Hall–Kier alpha value is -3.62. The Morgan fingerprint density at radius 1 is 1.14 bits per heavy atom. The molecule has 0 spiro atoms. The molecule has 0 unspecified atom stereocenters. The largest absolute Gasteiger partial charge is 0.416 e. The summed E-state index contributed by atoms with van der Waals surface area (Å²) in [6.07, 6.45) is -4.46. The molecule has 2 heterocycles. The van der Waals surface area contributed by atoms with Crippen molar-refractivity contribution in [3.05, 3.63) is 65.0 Å². The van der Waals surface area contributed by atoms with Crippen molar-refractivity contribution in [1.82, 2.24) is 15.1 Å². The van der Waals surface area contributed by atoms with Crippen LogP contribution in [0.15, 0.2) is 47.0 Å². The number of aryl methyl sites for hydroxylation is 2. The number of nitrogens with one attached hydrogen (secondary N) is 2. The molecule has 0 aliphatic rings. The zero-order valence-corrected chi connectivity index (χ0v) is 15.4. The molecule has 0 atom stereocenters. The van der Waals surface area contributed by atoms with Gasteiger partial charge in [0, 0.05) is 5.56 Å². The number of aromatic amines is 1. The zero-order valence-electron chi connectivity index (χ0n) is 15.4. The summed E-state index contributed by atoms with van der Waals surface area (Å²) in [5.41, 5.74) is 1.67. The molecule has 2 N–H and O–H groups in total. The molecule has 1 amide bonds. The van der Waals surface area contributed by atoms with Crippen LogP contribution >= 0.6 is 0 Å². The van der Waals surface area contributed by atoms with Gasteiger partial charge in [-0.3, -0.25) is 4.79 Å². The number of imidazole rings is 1. The molecule has 4 aromatic rings. The van der Waals surface area contributed by atoms with Crippen molar-refractivity contribution in [3.8, 4) is 11.4 Å². The molecule has 0 fully saturated rings. The summed E-state index contributed by atoms with van der Waals surface area (Å²) in [6.45, 7) is 3.38. The Kier molecular flexibility index (Phi) is 4.37. The van der Waals surface area contributed by atoms with Crippen LogP contribution in [0, 0.1) is 13.8 Å². The number of nitrogens with zero attached hydrogens (tertiary/aromatic N) is 2. The van der Waals surface area contributed by atoms with E-state index in [1.807, 2.05) is 0 Å². The van der Waals surface area contributed by atoms with Gasteiger partial charge in [0.25, 0.3) is 5.91 Å². The lowest BCUT2D eigenvalue weighted by Crippen LogP contribution is -2.13. The number of rotatable bonds is 3. The van der Waals surface area contributed by atoms with Gasteiger partial charge in [0.2, 0.25) is 0 Å². The summed E-state index contributed by atoms with van der Waals surface area (Å²) >= 11 is 0. The molecule has 0 aliphatic carbocycles. The molecule has 0 radical (unpaired) electrons. The molecule has 9 heteroatoms. The molecule has 29 heavy (non-hydrogen) atoms. The van der Waals surface area contributed by atoms with Gasteiger partial charge in [-0.15, -0.1) is 0 Å². The van der Waals surface area contributed by atoms with E-state index in [1.165, 1.54) is 12.1 Å². The number of alkyl halides is 3. The van der Waals surface area contributed by atoms with E-state index in [1.54, 1.807) is 32.0 Å². The third-order valence-corrected chi connectivity index (χ3v) is 4.49. The van der Waals surface area contributed by atoms with Crippen molar-refractivity contribution < 1.29 is 22.5 Å². The maximum atomic E-state index is 13.0. The number of carbonyl (C=O) groups is 1. The van der Waals surface area contributed by atoms with Crippen LogP contribution in [0.4, 0.5) is 18.9 Å². The van der Waals surface area contributed by atoms with Crippen molar-refractivity contribution in [2.45, 2.75) is 20.0 Å². The first kappa shape index (κ1) is 18.7. The number of fused-ring (bicyclic) bond motifs is 1. The van der Waals surface area contributed by atoms with E-state index >= 15 is 0 Å². The minimum atomic E-state index is -4.46. The van der Waals surface area contributed by atoms with Gasteiger partial charge in [-0.05, 0) is 38.1 Å². The van der Waals surface area contributed by atoms with Gasteiger partial charge in [-0.2, -0.15) is 13.2 Å². The number of amides is 1. The second-order valence-electron chi connectivity index (χ2n) is 6.52. The fourth-order valence-corrected chi connectivity index (χ4v) is 3.04. The highest BCUT2D eigenvalue weighted by molar-refractivity contribution is 6.12. The average molecular weight is 400 g/mol. The highest BCUT2D eigenvalue weighted by Crippen LogP contribution is 2.32. The van der Waals surface area contributed by atoms with Crippen molar-refractivity contribution in [2.75, 3.05) is 5.32 Å². The molecular formula is C20H15F3N4O2. The number of aromatic nitrogens is 3. The zero-order chi connectivity index (χ0) is 20.8. The van der Waals surface area contributed by atoms with Crippen LogP contribution in [0.2, 0.25) is 0 Å². The smallest absolute Gasteiger partial charge is 0.359 e. The molecule has 0 saturated carbocycles. The maximum Gasteiger partial charge on any atom is 0.416 e. The Bertz CT molecular complexity index is 1200. The Labute approximate surface area is 162 Å². The summed E-state index contributed by atoms with van der Waals surface area (Å²) in [5.74, 6) is 0.283. The van der Waals surface area contributed by atoms with Gasteiger partial charge in [0.1, 0.15) is 22.7 Å². The molecule has 148 valence electrons. The lowest BCUT2D eigenvalue weighted by Gasteiger charge is -2.07. The third kappa shape index (κ3) is 3.46. The van der Waals surface area contributed by atoms with Gasteiger partial charge in [0.15, 0.2) is 5.76 Å². The Morgan fingerprint density at radius 3 is 2.59 bits per heavy atom. The molecule has 2 aromatic heterocycles. The minimum absolute atomic E-state index is 0.240. The Balaban J connectivity index is 1.74. The summed E-state index contributed by atoms with van der Waals surface area (Å²) in [4.78, 5) is 20.1. The number of para-hydroxylation sites is 1. The van der Waals surface area contributed by atoms with E-state index in [0.717, 1.165) is 12.1 Å². The van der Waals surface area contributed by atoms with Crippen molar-refractivity contribution in [3.63, 3.8) is 0 Å². The first-order valence-corrected chi connectivity index (χ1v) is 8.64. The Morgan fingerprint density at radius 2 is 1.90 bits per heavy atom. The quantitative estimate of drug-likeness (QED) is 0.501. The van der Waals surface area contributed by atoms with E-state index in [-0.39, 0.29) is 17.0 Å². The van der Waals surface area contributed by atoms with Crippen LogP contribution in [0.25, 0.3) is 22.4 Å². The van der Waals surface area contributed by atoms with E-state index in [4.69, 9.17) is 4.52 Å². The van der Waals surface area contributed by atoms with Gasteiger partial charge >= 0.3 is 6.18 Å². The number of anilines is 1. The topological polar surface area (TPSA) is 83.8 Å². The maximum absolute atomic E-state index is 13.0. The van der Waals surface area contributed by atoms with Crippen LogP contribution in [0.1, 0.15) is 27.4 Å². The number of hydrogen-bond donors (Lipinski definition) is 2. The summed E-state index contributed by atoms with van der Waals surface area (Å²) in [5, 5.41) is 6.54. The predicted octanol–water partition coefficient (Wildman–Crippen LogP) is 5.11. The van der Waals surface area contributed by atoms with E-state index in [0.29, 0.717) is 28.2 Å². The predicted molar refractivity (Wildman–Crippen MR) is 100 cm³/mol. The SMILES string of the molecule is Cc1noc(C)c1NC(=O)c1cccc2[nH]c(-c3cccc(C(F)(F)F)c3)nc12. The molecular weight excluding hydrogens is 385 g/mol. The summed E-state index contributed by atoms with van der Waals surface area (Å²) < 4.78 is 44.1. The monoisotopic (exact) mass is 400 g/mol. The van der Waals surface area contributed by atoms with Crippen molar-refractivity contribution >= 4 is 22.6 Å². The minimum Gasteiger partial charge on any atom is -0.359 e. The molecule has 6 nitrogen and oxygen atoms in total. The highest BCUT2D eigenvalue weighted by Gasteiger charge is 2.30.